The predicted molar refractivity (Wildman–Crippen MR) is 92.9 cm³/mol. The third-order valence-corrected chi connectivity index (χ3v) is 4.50. The number of rotatable bonds is 4. The molecule has 0 saturated carbocycles. The van der Waals surface area contributed by atoms with Crippen molar-refractivity contribution in [1.82, 2.24) is 10.2 Å². The average molecular weight is 391 g/mol. The minimum atomic E-state index is -0.0775. The summed E-state index contributed by atoms with van der Waals surface area (Å²) in [5.74, 6) is -0.0775. The van der Waals surface area contributed by atoms with Crippen LogP contribution in [0.4, 0.5) is 0 Å². The first-order chi connectivity index (χ1) is 9.95. The summed E-state index contributed by atoms with van der Waals surface area (Å²) in [4.78, 5) is 15.0. The summed E-state index contributed by atoms with van der Waals surface area (Å²) in [6.45, 7) is 2.44. The van der Waals surface area contributed by atoms with Crippen LogP contribution in [0.25, 0.3) is 0 Å². The summed E-state index contributed by atoms with van der Waals surface area (Å²) in [7, 11) is 0. The van der Waals surface area contributed by atoms with Gasteiger partial charge in [-0.25, -0.2) is 0 Å². The van der Waals surface area contributed by atoms with Crippen molar-refractivity contribution in [3.63, 3.8) is 0 Å². The zero-order chi connectivity index (χ0) is 15.4. The first kappa shape index (κ1) is 16.7. The van der Waals surface area contributed by atoms with E-state index >= 15 is 0 Å². The van der Waals surface area contributed by atoms with E-state index in [1.165, 1.54) is 0 Å². The van der Waals surface area contributed by atoms with Crippen LogP contribution in [0.1, 0.15) is 23.2 Å². The Labute approximate surface area is 143 Å². The van der Waals surface area contributed by atoms with Crippen LogP contribution < -0.4 is 11.1 Å². The number of piperidine rings is 1. The van der Waals surface area contributed by atoms with Gasteiger partial charge in [-0.05, 0) is 47.0 Å². The lowest BCUT2D eigenvalue weighted by molar-refractivity contribution is 0.0914. The average Bonchev–Trinajstić information content (AvgIpc) is 2.40. The minimum absolute atomic E-state index is 0.0775. The van der Waals surface area contributed by atoms with Crippen molar-refractivity contribution in [2.45, 2.75) is 18.9 Å². The number of nitrogens with one attached hydrogen (secondary N) is 1. The molecule has 2 rings (SSSR count). The van der Waals surface area contributed by atoms with E-state index in [-0.39, 0.29) is 11.9 Å². The molecule has 1 saturated heterocycles. The van der Waals surface area contributed by atoms with Crippen LogP contribution in [-0.2, 0) is 0 Å². The van der Waals surface area contributed by atoms with E-state index < -0.39 is 0 Å². The molecule has 0 unspecified atom stereocenters. The van der Waals surface area contributed by atoms with Crippen molar-refractivity contribution in [3.8, 4) is 0 Å². The molecule has 1 aromatic rings. The minimum Gasteiger partial charge on any atom is -0.392 e. The van der Waals surface area contributed by atoms with E-state index in [1.54, 1.807) is 18.2 Å². The van der Waals surface area contributed by atoms with Gasteiger partial charge in [0.05, 0.1) is 10.6 Å². The van der Waals surface area contributed by atoms with Crippen molar-refractivity contribution >= 4 is 50.6 Å². The fourth-order valence-corrected chi connectivity index (χ4v) is 3.44. The maximum atomic E-state index is 12.3. The second kappa shape index (κ2) is 7.54. The quantitative estimate of drug-likeness (QED) is 0.776. The highest BCUT2D eigenvalue weighted by atomic mass is 79.9. The van der Waals surface area contributed by atoms with E-state index in [2.05, 4.69) is 26.1 Å². The zero-order valence-corrected chi connectivity index (χ0v) is 14.6. The topological polar surface area (TPSA) is 58.4 Å². The lowest BCUT2D eigenvalue weighted by atomic mass is 10.0. The smallest absolute Gasteiger partial charge is 0.252 e. The molecule has 0 atom stereocenters. The largest absolute Gasteiger partial charge is 0.392 e. The van der Waals surface area contributed by atoms with E-state index in [0.717, 1.165) is 25.9 Å². The summed E-state index contributed by atoms with van der Waals surface area (Å²) in [6, 6.07) is 5.35. The van der Waals surface area contributed by atoms with Gasteiger partial charge < -0.3 is 11.1 Å². The number of carbonyl (C=O) groups excluding carboxylic acids is 1. The van der Waals surface area contributed by atoms with Gasteiger partial charge in [0.1, 0.15) is 0 Å². The second-order valence-corrected chi connectivity index (χ2v) is 6.93. The molecule has 1 heterocycles. The third kappa shape index (κ3) is 4.92. The van der Waals surface area contributed by atoms with Crippen molar-refractivity contribution in [1.29, 1.82) is 0 Å². The van der Waals surface area contributed by atoms with Crippen LogP contribution in [0.5, 0.6) is 0 Å². The van der Waals surface area contributed by atoms with Gasteiger partial charge in [0.25, 0.3) is 5.91 Å². The van der Waals surface area contributed by atoms with Crippen LogP contribution in [0.3, 0.4) is 0 Å². The summed E-state index contributed by atoms with van der Waals surface area (Å²) in [6.07, 6.45) is 1.80. The van der Waals surface area contributed by atoms with Crippen LogP contribution in [-0.4, -0.2) is 41.5 Å². The molecule has 0 aromatic heterocycles. The highest BCUT2D eigenvalue weighted by Crippen LogP contribution is 2.22. The summed E-state index contributed by atoms with van der Waals surface area (Å²) >= 11 is 14.2. The van der Waals surface area contributed by atoms with Crippen molar-refractivity contribution in [2.24, 2.45) is 5.73 Å². The van der Waals surface area contributed by atoms with Crippen LogP contribution in [0.15, 0.2) is 22.7 Å². The zero-order valence-electron chi connectivity index (χ0n) is 11.4. The fourth-order valence-electron chi connectivity index (χ4n) is 2.39. The molecule has 0 aliphatic carbocycles. The number of thiocarbonyl (C=S) groups is 1. The number of carbonyl (C=O) groups is 1. The molecular formula is C14H17BrClN3OS. The molecule has 21 heavy (non-hydrogen) atoms. The molecule has 1 aliphatic rings. The predicted octanol–water partition coefficient (Wildman–Crippen LogP) is 2.58. The molecule has 4 nitrogen and oxygen atoms in total. The maximum Gasteiger partial charge on any atom is 0.252 e. The molecule has 0 radical (unpaired) electrons. The van der Waals surface area contributed by atoms with Gasteiger partial charge in [-0.1, -0.05) is 23.8 Å². The van der Waals surface area contributed by atoms with Gasteiger partial charge >= 0.3 is 0 Å². The normalized spacial score (nSPS) is 16.7. The van der Waals surface area contributed by atoms with Crippen molar-refractivity contribution in [3.05, 3.63) is 33.3 Å². The standard InChI is InChI=1S/C14H17BrClN3OS/c15-12-7-9(16)1-2-11(12)14(20)18-10-3-5-19(6-4-10)8-13(17)21/h1-2,7,10H,3-6,8H2,(H2,17,21)(H,18,20). The Bertz CT molecular complexity index is 547. The molecule has 1 fully saturated rings. The van der Waals surface area contributed by atoms with Gasteiger partial charge in [-0.2, -0.15) is 0 Å². The summed E-state index contributed by atoms with van der Waals surface area (Å²) in [5.41, 5.74) is 6.15. The molecule has 0 bridgehead atoms. The molecular weight excluding hydrogens is 374 g/mol. The number of nitrogens with zero attached hydrogens (tertiary/aromatic N) is 1. The molecule has 3 N–H and O–H groups in total. The number of likely N-dealkylation sites (tertiary alicyclic amines) is 1. The number of amides is 1. The number of nitrogens with two attached hydrogens (primary N) is 1. The Kier molecular flexibility index (Phi) is 5.98. The Morgan fingerprint density at radius 2 is 2.14 bits per heavy atom. The Hall–Kier alpha value is -0.690. The van der Waals surface area contributed by atoms with E-state index in [1.807, 2.05) is 0 Å². The molecule has 0 spiro atoms. The monoisotopic (exact) mass is 389 g/mol. The number of hydrogen-bond donors (Lipinski definition) is 2. The van der Waals surface area contributed by atoms with Crippen LogP contribution in [0.2, 0.25) is 5.02 Å². The van der Waals surface area contributed by atoms with Crippen molar-refractivity contribution in [2.75, 3.05) is 19.6 Å². The second-order valence-electron chi connectivity index (χ2n) is 5.11. The summed E-state index contributed by atoms with van der Waals surface area (Å²) in [5, 5.41) is 3.67. The van der Waals surface area contributed by atoms with E-state index in [4.69, 9.17) is 29.6 Å². The summed E-state index contributed by atoms with van der Waals surface area (Å²) < 4.78 is 0.707. The lowest BCUT2D eigenvalue weighted by Gasteiger charge is -2.32. The number of halogens is 2. The molecule has 114 valence electrons. The third-order valence-electron chi connectivity index (χ3n) is 3.48. The van der Waals surface area contributed by atoms with Gasteiger partial charge in [-0.15, -0.1) is 0 Å². The Morgan fingerprint density at radius 1 is 1.48 bits per heavy atom. The Balaban J connectivity index is 1.88. The van der Waals surface area contributed by atoms with E-state index in [0.29, 0.717) is 26.6 Å². The fraction of sp³-hybridized carbons (Fsp3) is 0.429. The number of benzene rings is 1. The maximum absolute atomic E-state index is 12.3. The molecule has 1 aliphatic heterocycles. The van der Waals surface area contributed by atoms with Gasteiger partial charge in [0, 0.05) is 35.2 Å². The molecule has 1 aromatic carbocycles. The molecule has 7 heteroatoms. The number of hydrogen-bond acceptors (Lipinski definition) is 3. The first-order valence-corrected chi connectivity index (χ1v) is 8.30. The van der Waals surface area contributed by atoms with Crippen molar-refractivity contribution < 1.29 is 4.79 Å². The highest BCUT2D eigenvalue weighted by molar-refractivity contribution is 9.10. The van der Waals surface area contributed by atoms with Gasteiger partial charge in [-0.3, -0.25) is 9.69 Å². The van der Waals surface area contributed by atoms with E-state index in [9.17, 15) is 4.79 Å². The van der Waals surface area contributed by atoms with Crippen LogP contribution >= 0.6 is 39.7 Å². The lowest BCUT2D eigenvalue weighted by Crippen LogP contribution is -2.46. The van der Waals surface area contributed by atoms with Crippen LogP contribution in [0, 0.1) is 0 Å². The first-order valence-electron chi connectivity index (χ1n) is 6.72. The van der Waals surface area contributed by atoms with Gasteiger partial charge in [0.2, 0.25) is 0 Å². The highest BCUT2D eigenvalue weighted by Gasteiger charge is 2.22. The SMILES string of the molecule is NC(=S)CN1CCC(NC(=O)c2ccc(Cl)cc2Br)CC1. The van der Waals surface area contributed by atoms with Gasteiger partial charge in [0.15, 0.2) is 0 Å². The molecule has 1 amide bonds. The Morgan fingerprint density at radius 3 is 2.71 bits per heavy atom.